The normalized spacial score (nSPS) is 21.7. The van der Waals surface area contributed by atoms with Crippen LogP contribution in [0.4, 0.5) is 0 Å². The van der Waals surface area contributed by atoms with Crippen LogP contribution in [0.25, 0.3) is 0 Å². The van der Waals surface area contributed by atoms with Crippen LogP contribution >= 0.6 is 0 Å². The first-order chi connectivity index (χ1) is 18.8. The molecule has 0 unspecified atom stereocenters. The summed E-state index contributed by atoms with van der Waals surface area (Å²) in [6.07, 6.45) is 9.89. The fourth-order valence-electron chi connectivity index (χ4n) is 4.73. The summed E-state index contributed by atoms with van der Waals surface area (Å²) in [4.78, 5) is 38.5. The smallest absolute Gasteiger partial charge is 0.306 e. The first-order valence-electron chi connectivity index (χ1n) is 13.8. The number of benzene rings is 1. The van der Waals surface area contributed by atoms with E-state index in [2.05, 4.69) is 10.2 Å². The number of nitrogens with one attached hydrogen (secondary N) is 1. The molecule has 1 fully saturated rings. The molecule has 0 radical (unpaired) electrons. The maximum Gasteiger partial charge on any atom is 0.306 e. The third-order valence-corrected chi connectivity index (χ3v) is 6.75. The van der Waals surface area contributed by atoms with Gasteiger partial charge < -0.3 is 25.1 Å². The number of hydrogen-bond donors (Lipinski definition) is 3. The van der Waals surface area contributed by atoms with Gasteiger partial charge in [0.2, 0.25) is 5.91 Å². The van der Waals surface area contributed by atoms with Crippen molar-refractivity contribution in [2.75, 3.05) is 13.2 Å². The Labute approximate surface area is 230 Å². The molecule has 39 heavy (non-hydrogen) atoms. The third kappa shape index (κ3) is 12.9. The first-order valence-corrected chi connectivity index (χ1v) is 13.8. The quantitative estimate of drug-likeness (QED) is 0.0830. The Balaban J connectivity index is 1.96. The molecule has 0 spiro atoms. The van der Waals surface area contributed by atoms with E-state index in [4.69, 9.17) is 4.74 Å². The van der Waals surface area contributed by atoms with Crippen molar-refractivity contribution in [3.8, 4) is 0 Å². The lowest BCUT2D eigenvalue weighted by atomic mass is 9.89. The minimum absolute atomic E-state index is 0.0121. The Hall–Kier alpha value is -3.24. The van der Waals surface area contributed by atoms with Gasteiger partial charge in [0.05, 0.1) is 18.8 Å². The van der Waals surface area contributed by atoms with Crippen molar-refractivity contribution in [1.82, 2.24) is 5.32 Å². The highest BCUT2D eigenvalue weighted by Gasteiger charge is 2.39. The highest BCUT2D eigenvalue weighted by atomic mass is 16.9. The highest BCUT2D eigenvalue weighted by molar-refractivity contribution is 5.75. The number of amides is 1. The molecule has 0 heterocycles. The van der Waals surface area contributed by atoms with Crippen molar-refractivity contribution < 1.29 is 34.5 Å². The van der Waals surface area contributed by atoms with Crippen LogP contribution in [0.2, 0.25) is 0 Å². The van der Waals surface area contributed by atoms with Crippen molar-refractivity contribution in [2.45, 2.75) is 83.0 Å². The van der Waals surface area contributed by atoms with Gasteiger partial charge in [0.1, 0.15) is 6.10 Å². The summed E-state index contributed by atoms with van der Waals surface area (Å²) in [6, 6.07) is 9.80. The van der Waals surface area contributed by atoms with Crippen LogP contribution in [-0.2, 0) is 25.6 Å². The van der Waals surface area contributed by atoms with Gasteiger partial charge in [-0.3, -0.25) is 9.59 Å². The van der Waals surface area contributed by atoms with Crippen LogP contribution in [0, 0.1) is 22.0 Å². The number of aliphatic hydroxyl groups is 2. The van der Waals surface area contributed by atoms with Crippen molar-refractivity contribution in [3.05, 3.63) is 70.3 Å². The fourth-order valence-corrected chi connectivity index (χ4v) is 4.73. The number of rotatable bonds is 18. The summed E-state index contributed by atoms with van der Waals surface area (Å²) in [5.74, 6) is -0.923. The minimum Gasteiger partial charge on any atom is -0.458 e. The second kappa shape index (κ2) is 18.1. The average Bonchev–Trinajstić information content (AvgIpc) is 3.17. The molecular weight excluding hydrogens is 504 g/mol. The van der Waals surface area contributed by atoms with Crippen LogP contribution in [0.5, 0.6) is 0 Å². The van der Waals surface area contributed by atoms with Gasteiger partial charge in [0.15, 0.2) is 0 Å². The Bertz CT molecular complexity index is 936. The molecule has 10 nitrogen and oxygen atoms in total. The zero-order chi connectivity index (χ0) is 28.5. The van der Waals surface area contributed by atoms with Crippen molar-refractivity contribution in [2.24, 2.45) is 11.8 Å². The summed E-state index contributed by atoms with van der Waals surface area (Å²) >= 11 is 0. The lowest BCUT2D eigenvalue weighted by Crippen LogP contribution is -2.22. The van der Waals surface area contributed by atoms with E-state index >= 15 is 0 Å². The van der Waals surface area contributed by atoms with Gasteiger partial charge in [-0.2, -0.15) is 0 Å². The lowest BCUT2D eigenvalue weighted by molar-refractivity contribution is -0.757. The summed E-state index contributed by atoms with van der Waals surface area (Å²) in [6.45, 7) is 2.33. The van der Waals surface area contributed by atoms with Crippen LogP contribution < -0.4 is 5.32 Å². The molecule has 1 aromatic rings. The largest absolute Gasteiger partial charge is 0.458 e. The maximum atomic E-state index is 12.4. The number of nitrogens with zero attached hydrogens (tertiary/aromatic N) is 1. The zero-order valence-corrected chi connectivity index (χ0v) is 22.7. The number of carbonyl (C=O) groups excluding carboxylic acids is 2. The number of unbranched alkanes of at least 4 members (excludes halogenated alkanes) is 1. The molecule has 3 N–H and O–H groups in total. The van der Waals surface area contributed by atoms with E-state index < -0.39 is 29.4 Å². The molecule has 1 aliphatic rings. The number of ether oxygens (including phenoxy) is 1. The standard InChI is InChI=1S/C29H42N2O8/c1-2-30-28(34)14-9-4-3-8-13-24-25(27(33)21-26(24)32)19-18-23(17-16-22-11-6-5-7-12-22)39-29(35)15-10-20-38-31(36)37/h3,5-8,11-12,18-19,23-27,32-33H,2,4,9-10,13-17,20-21H2,1H3,(H,30,34)/b8-3-,19-18+/t23-,24+,25+,26-,27-/m0/s1. The van der Waals surface area contributed by atoms with Crippen LogP contribution in [0.3, 0.4) is 0 Å². The van der Waals surface area contributed by atoms with Crippen LogP contribution in [0.15, 0.2) is 54.6 Å². The summed E-state index contributed by atoms with van der Waals surface area (Å²) in [5.41, 5.74) is 1.10. The molecule has 216 valence electrons. The van der Waals surface area contributed by atoms with Gasteiger partial charge in [0, 0.05) is 31.7 Å². The molecule has 5 atom stereocenters. The highest BCUT2D eigenvalue weighted by Crippen LogP contribution is 2.36. The second-order valence-electron chi connectivity index (χ2n) is 9.76. The fraction of sp³-hybridized carbons (Fsp3) is 0.586. The topological polar surface area (TPSA) is 148 Å². The second-order valence-corrected chi connectivity index (χ2v) is 9.76. The molecule has 1 aromatic carbocycles. The molecule has 1 amide bonds. The van der Waals surface area contributed by atoms with Crippen LogP contribution in [-0.4, -0.2) is 58.6 Å². The SMILES string of the molecule is CCNC(=O)CCC/C=C\C[C@@H]1[C@@H](/C=C/[C@H](CCc2ccccc2)OC(=O)CCCO[N+](=O)[O-])[C@@H](O)C[C@@H]1O. The van der Waals surface area contributed by atoms with Crippen molar-refractivity contribution >= 4 is 11.9 Å². The first kappa shape index (κ1) is 32.0. The predicted molar refractivity (Wildman–Crippen MR) is 146 cm³/mol. The molecule has 1 aliphatic carbocycles. The summed E-state index contributed by atoms with van der Waals surface area (Å²) in [5, 5.41) is 33.3. The molecule has 1 saturated carbocycles. The van der Waals surface area contributed by atoms with E-state index in [1.54, 1.807) is 6.08 Å². The molecular formula is C29H42N2O8. The molecule has 0 saturated heterocycles. The monoisotopic (exact) mass is 546 g/mol. The van der Waals surface area contributed by atoms with Crippen LogP contribution in [0.1, 0.15) is 63.9 Å². The van der Waals surface area contributed by atoms with E-state index in [-0.39, 0.29) is 43.6 Å². The number of esters is 1. The van der Waals surface area contributed by atoms with E-state index in [1.165, 1.54) is 0 Å². The number of allylic oxidation sites excluding steroid dienone is 2. The Morgan fingerprint density at radius 3 is 2.64 bits per heavy atom. The van der Waals surface area contributed by atoms with E-state index in [9.17, 15) is 29.9 Å². The Kier molecular flexibility index (Phi) is 14.9. The number of aliphatic hydroxyl groups excluding tert-OH is 2. The Morgan fingerprint density at radius 2 is 1.92 bits per heavy atom. The van der Waals surface area contributed by atoms with E-state index in [0.29, 0.717) is 32.2 Å². The number of hydrogen-bond acceptors (Lipinski definition) is 8. The predicted octanol–water partition coefficient (Wildman–Crippen LogP) is 3.69. The summed E-state index contributed by atoms with van der Waals surface area (Å²) < 4.78 is 5.66. The van der Waals surface area contributed by atoms with Crippen molar-refractivity contribution in [3.63, 3.8) is 0 Å². The van der Waals surface area contributed by atoms with Gasteiger partial charge in [-0.15, -0.1) is 10.1 Å². The van der Waals surface area contributed by atoms with Crippen molar-refractivity contribution in [1.29, 1.82) is 0 Å². The van der Waals surface area contributed by atoms with Gasteiger partial charge in [-0.05, 0) is 63.0 Å². The third-order valence-electron chi connectivity index (χ3n) is 6.75. The van der Waals surface area contributed by atoms with Gasteiger partial charge in [-0.25, -0.2) is 0 Å². The molecule has 2 rings (SSSR count). The lowest BCUT2D eigenvalue weighted by Gasteiger charge is -2.21. The molecule has 0 aliphatic heterocycles. The zero-order valence-electron chi connectivity index (χ0n) is 22.7. The van der Waals surface area contributed by atoms with E-state index in [0.717, 1.165) is 18.4 Å². The van der Waals surface area contributed by atoms with Gasteiger partial charge in [-0.1, -0.05) is 48.6 Å². The molecule has 0 aromatic heterocycles. The van der Waals surface area contributed by atoms with Gasteiger partial charge >= 0.3 is 5.97 Å². The average molecular weight is 547 g/mol. The van der Waals surface area contributed by atoms with Gasteiger partial charge in [0.25, 0.3) is 5.09 Å². The van der Waals surface area contributed by atoms with E-state index in [1.807, 2.05) is 55.5 Å². The molecule has 0 bridgehead atoms. The maximum absolute atomic E-state index is 12.4. The molecule has 10 heteroatoms. The number of carbonyl (C=O) groups is 2. The minimum atomic E-state index is -0.893. The summed E-state index contributed by atoms with van der Waals surface area (Å²) in [7, 11) is 0. The Morgan fingerprint density at radius 1 is 1.15 bits per heavy atom. The number of aryl methyl sites for hydroxylation is 1.